The SMILES string of the molecule is Cc1cnc(NC(=O)C(=CC2CCC(=O)C2)c2ccc(S(=O)(=O)C3CC3)c(C3CC3)c2)cn1. The first kappa shape index (κ1) is 21.9. The lowest BCUT2D eigenvalue weighted by Gasteiger charge is -2.15. The number of amides is 1. The zero-order valence-corrected chi connectivity index (χ0v) is 19.4. The molecule has 33 heavy (non-hydrogen) atoms. The van der Waals surface area contributed by atoms with Crippen LogP contribution >= 0.6 is 0 Å². The van der Waals surface area contributed by atoms with Crippen LogP contribution in [0.3, 0.4) is 0 Å². The second-order valence-corrected chi connectivity index (χ2v) is 11.6. The molecular formula is C25H27N3O4S. The molecule has 7 nitrogen and oxygen atoms in total. The maximum absolute atomic E-state index is 13.3. The summed E-state index contributed by atoms with van der Waals surface area (Å²) in [4.78, 5) is 33.9. The Labute approximate surface area is 193 Å². The number of nitrogens with one attached hydrogen (secondary N) is 1. The summed E-state index contributed by atoms with van der Waals surface area (Å²) in [5.74, 6) is 0.404. The molecule has 1 N–H and O–H groups in total. The number of benzene rings is 1. The van der Waals surface area contributed by atoms with E-state index in [2.05, 4.69) is 15.3 Å². The summed E-state index contributed by atoms with van der Waals surface area (Å²) < 4.78 is 26.0. The Morgan fingerprint density at radius 3 is 2.48 bits per heavy atom. The van der Waals surface area contributed by atoms with E-state index >= 15 is 0 Å². The quantitative estimate of drug-likeness (QED) is 0.620. The fourth-order valence-corrected chi connectivity index (χ4v) is 6.34. The Morgan fingerprint density at radius 1 is 1.09 bits per heavy atom. The number of hydrogen-bond donors (Lipinski definition) is 1. The number of aromatic nitrogens is 2. The maximum atomic E-state index is 13.3. The van der Waals surface area contributed by atoms with E-state index in [9.17, 15) is 18.0 Å². The summed E-state index contributed by atoms with van der Waals surface area (Å²) in [5.41, 5.74) is 2.67. The van der Waals surface area contributed by atoms with Crippen molar-refractivity contribution < 1.29 is 18.0 Å². The van der Waals surface area contributed by atoms with Gasteiger partial charge in [-0.2, -0.15) is 0 Å². The average molecular weight is 466 g/mol. The first-order valence-electron chi connectivity index (χ1n) is 11.5. The minimum Gasteiger partial charge on any atom is -0.305 e. The maximum Gasteiger partial charge on any atom is 0.257 e. The normalized spacial score (nSPS) is 21.3. The number of sulfone groups is 1. The molecule has 172 valence electrons. The molecule has 5 rings (SSSR count). The van der Waals surface area contributed by atoms with Crippen molar-refractivity contribution in [2.24, 2.45) is 5.92 Å². The minimum absolute atomic E-state index is 0.0124. The second-order valence-electron chi connectivity index (χ2n) is 9.39. The van der Waals surface area contributed by atoms with Crippen LogP contribution in [0.1, 0.15) is 67.7 Å². The first-order valence-corrected chi connectivity index (χ1v) is 13.1. The van der Waals surface area contributed by atoms with Gasteiger partial charge in [0.2, 0.25) is 0 Å². The average Bonchev–Trinajstić information content (AvgIpc) is 3.70. The Balaban J connectivity index is 1.52. The van der Waals surface area contributed by atoms with Gasteiger partial charge < -0.3 is 5.32 Å². The molecule has 2 aromatic rings. The molecule has 0 aliphatic heterocycles. The zero-order chi connectivity index (χ0) is 23.2. The third-order valence-electron chi connectivity index (χ3n) is 6.56. The summed E-state index contributed by atoms with van der Waals surface area (Å²) in [6.45, 7) is 1.82. The molecule has 1 aromatic carbocycles. The lowest BCUT2D eigenvalue weighted by molar-refractivity contribution is -0.117. The van der Waals surface area contributed by atoms with Crippen molar-refractivity contribution in [3.8, 4) is 0 Å². The van der Waals surface area contributed by atoms with E-state index in [4.69, 9.17) is 0 Å². The number of carbonyl (C=O) groups excluding carboxylic acids is 2. The van der Waals surface area contributed by atoms with Gasteiger partial charge in [-0.05, 0) is 74.1 Å². The summed E-state index contributed by atoms with van der Waals surface area (Å²) in [6, 6.07) is 5.27. The van der Waals surface area contributed by atoms with Gasteiger partial charge in [0.1, 0.15) is 5.78 Å². The van der Waals surface area contributed by atoms with Crippen LogP contribution in [0.2, 0.25) is 0 Å². The highest BCUT2D eigenvalue weighted by Crippen LogP contribution is 2.46. The van der Waals surface area contributed by atoms with Crippen molar-refractivity contribution in [3.05, 3.63) is 53.5 Å². The molecule has 1 heterocycles. The van der Waals surface area contributed by atoms with Crippen LogP contribution in [0, 0.1) is 12.8 Å². The largest absolute Gasteiger partial charge is 0.305 e. The number of hydrogen-bond acceptors (Lipinski definition) is 6. The number of rotatable bonds is 7. The Hall–Kier alpha value is -2.87. The van der Waals surface area contributed by atoms with E-state index < -0.39 is 9.84 Å². The molecule has 0 spiro atoms. The highest BCUT2D eigenvalue weighted by Gasteiger charge is 2.40. The Kier molecular flexibility index (Phi) is 5.64. The van der Waals surface area contributed by atoms with Crippen molar-refractivity contribution in [3.63, 3.8) is 0 Å². The van der Waals surface area contributed by atoms with Gasteiger partial charge in [0.15, 0.2) is 15.7 Å². The molecule has 3 fully saturated rings. The van der Waals surface area contributed by atoms with Gasteiger partial charge >= 0.3 is 0 Å². The Bertz CT molecular complexity index is 1240. The van der Waals surface area contributed by atoms with Crippen molar-refractivity contribution in [2.45, 2.75) is 67.9 Å². The lowest BCUT2D eigenvalue weighted by atomic mass is 9.95. The van der Waals surface area contributed by atoms with Crippen LogP contribution in [0.5, 0.6) is 0 Å². The number of anilines is 1. The van der Waals surface area contributed by atoms with E-state index in [1.807, 2.05) is 19.1 Å². The van der Waals surface area contributed by atoms with E-state index in [0.717, 1.165) is 36.9 Å². The lowest BCUT2D eigenvalue weighted by Crippen LogP contribution is -2.17. The third kappa shape index (κ3) is 4.76. The van der Waals surface area contributed by atoms with E-state index in [0.29, 0.717) is 41.1 Å². The number of ketones is 1. The van der Waals surface area contributed by atoms with E-state index in [-0.39, 0.29) is 28.8 Å². The zero-order valence-electron chi connectivity index (χ0n) is 18.6. The molecule has 1 aromatic heterocycles. The molecule has 1 unspecified atom stereocenters. The monoisotopic (exact) mass is 465 g/mol. The number of carbonyl (C=O) groups is 2. The molecule has 3 aliphatic carbocycles. The summed E-state index contributed by atoms with van der Waals surface area (Å²) >= 11 is 0. The number of nitrogens with zero attached hydrogens (tertiary/aromatic N) is 2. The summed E-state index contributed by atoms with van der Waals surface area (Å²) in [5, 5.41) is 2.53. The van der Waals surface area contributed by atoms with Crippen molar-refractivity contribution in [1.82, 2.24) is 9.97 Å². The fourth-order valence-electron chi connectivity index (χ4n) is 4.41. The molecule has 1 amide bonds. The van der Waals surface area contributed by atoms with Crippen LogP contribution in [-0.4, -0.2) is 35.3 Å². The number of Topliss-reactive ketones (excluding diaryl/α,β-unsaturated/α-hetero) is 1. The van der Waals surface area contributed by atoms with Crippen LogP contribution in [0.25, 0.3) is 5.57 Å². The van der Waals surface area contributed by atoms with Gasteiger partial charge in [-0.25, -0.2) is 13.4 Å². The van der Waals surface area contributed by atoms with Crippen molar-refractivity contribution >= 4 is 32.9 Å². The first-order chi connectivity index (χ1) is 15.8. The highest BCUT2D eigenvalue weighted by molar-refractivity contribution is 7.92. The molecule has 3 saturated carbocycles. The van der Waals surface area contributed by atoms with Gasteiger partial charge in [-0.15, -0.1) is 0 Å². The van der Waals surface area contributed by atoms with Crippen molar-refractivity contribution in [2.75, 3.05) is 5.32 Å². The van der Waals surface area contributed by atoms with Gasteiger partial charge in [0.05, 0.1) is 28.2 Å². The van der Waals surface area contributed by atoms with E-state index in [1.54, 1.807) is 18.3 Å². The van der Waals surface area contributed by atoms with Gasteiger partial charge in [0, 0.05) is 18.4 Å². The van der Waals surface area contributed by atoms with Crippen LogP contribution in [-0.2, 0) is 19.4 Å². The third-order valence-corrected chi connectivity index (χ3v) is 8.89. The standard InChI is InChI=1S/C25H27N3O4S/c1-15-13-27-24(14-26-15)28-25(30)22(11-16-2-6-19(29)10-16)18-5-9-23(21(12-18)17-3-4-17)33(31,32)20-7-8-20/h5,9,11-14,16-17,20H,2-4,6-8,10H2,1H3,(H,27,28,30). The Morgan fingerprint density at radius 2 is 1.88 bits per heavy atom. The molecule has 1 atom stereocenters. The molecule has 3 aliphatic rings. The molecule has 0 radical (unpaired) electrons. The topological polar surface area (TPSA) is 106 Å². The van der Waals surface area contributed by atoms with Crippen LogP contribution in [0.4, 0.5) is 5.82 Å². The number of aryl methyl sites for hydroxylation is 1. The van der Waals surface area contributed by atoms with Gasteiger partial charge in [0.25, 0.3) is 5.91 Å². The predicted molar refractivity (Wildman–Crippen MR) is 124 cm³/mol. The van der Waals surface area contributed by atoms with Gasteiger partial charge in [-0.3, -0.25) is 14.6 Å². The minimum atomic E-state index is -3.33. The van der Waals surface area contributed by atoms with E-state index in [1.165, 1.54) is 6.20 Å². The van der Waals surface area contributed by atoms with Crippen molar-refractivity contribution in [1.29, 1.82) is 0 Å². The smallest absolute Gasteiger partial charge is 0.257 e. The molecule has 0 saturated heterocycles. The summed E-state index contributed by atoms with van der Waals surface area (Å²) in [7, 11) is -3.33. The summed E-state index contributed by atoms with van der Waals surface area (Å²) in [6.07, 6.45) is 9.95. The van der Waals surface area contributed by atoms with Gasteiger partial charge in [-0.1, -0.05) is 12.1 Å². The fraction of sp³-hybridized carbons (Fsp3) is 0.440. The molecule has 8 heteroatoms. The number of allylic oxidation sites excluding steroid dienone is 1. The van der Waals surface area contributed by atoms with Crippen LogP contribution in [0.15, 0.2) is 41.6 Å². The second kappa shape index (κ2) is 8.48. The predicted octanol–water partition coefficient (Wildman–Crippen LogP) is 3.99. The van der Waals surface area contributed by atoms with Crippen LogP contribution < -0.4 is 5.32 Å². The molecular weight excluding hydrogens is 438 g/mol. The molecule has 0 bridgehead atoms. The highest BCUT2D eigenvalue weighted by atomic mass is 32.2.